The standard InChI is InChI=1S/C26H28F3NO3S2/c1-7-32-24(31)25(5,6)33-21-13-12-20(14-15(21)2)34-17(4)22-16(3)30-23(35-22)18-8-10-19(11-9-18)26(27,28)29/h8-14,17H,7H2,1-6H3. The number of alkyl halides is 3. The first-order valence-electron chi connectivity index (χ1n) is 11.1. The maximum Gasteiger partial charge on any atom is 0.416 e. The number of halogens is 3. The number of carbonyl (C=O) groups excluding carboxylic acids is 1. The van der Waals surface area contributed by atoms with E-state index in [1.807, 2.05) is 32.0 Å². The zero-order valence-electron chi connectivity index (χ0n) is 20.4. The highest BCUT2D eigenvalue weighted by molar-refractivity contribution is 7.99. The van der Waals surface area contributed by atoms with Gasteiger partial charge in [0.2, 0.25) is 0 Å². The lowest BCUT2D eigenvalue weighted by Gasteiger charge is -2.25. The third kappa shape index (κ3) is 6.58. The fraction of sp³-hybridized carbons (Fsp3) is 0.385. The van der Waals surface area contributed by atoms with E-state index >= 15 is 0 Å². The number of esters is 1. The first kappa shape index (κ1) is 27.1. The van der Waals surface area contributed by atoms with Gasteiger partial charge in [0.15, 0.2) is 5.60 Å². The van der Waals surface area contributed by atoms with Gasteiger partial charge in [-0.15, -0.1) is 23.1 Å². The molecular formula is C26H28F3NO3S2. The summed E-state index contributed by atoms with van der Waals surface area (Å²) in [4.78, 5) is 18.8. The summed E-state index contributed by atoms with van der Waals surface area (Å²) in [6, 6.07) is 10.9. The number of ether oxygens (including phenoxy) is 2. The SMILES string of the molecule is CCOC(=O)C(C)(C)Oc1ccc(SC(C)c2sc(-c3ccc(C(F)(F)F)cc3)nc2C)cc1C. The van der Waals surface area contributed by atoms with Gasteiger partial charge in [-0.05, 0) is 77.4 Å². The third-order valence-corrected chi connectivity index (χ3v) is 7.91. The number of aromatic nitrogens is 1. The molecule has 0 aliphatic heterocycles. The van der Waals surface area contributed by atoms with E-state index in [9.17, 15) is 18.0 Å². The molecule has 0 N–H and O–H groups in total. The van der Waals surface area contributed by atoms with Crippen LogP contribution in [0.4, 0.5) is 13.2 Å². The van der Waals surface area contributed by atoms with E-state index in [-0.39, 0.29) is 11.9 Å². The summed E-state index contributed by atoms with van der Waals surface area (Å²) < 4.78 is 49.6. The van der Waals surface area contributed by atoms with E-state index in [0.29, 0.717) is 16.3 Å². The van der Waals surface area contributed by atoms with E-state index in [2.05, 4.69) is 11.9 Å². The van der Waals surface area contributed by atoms with Crippen LogP contribution in [0.3, 0.4) is 0 Å². The third-order valence-electron chi connectivity index (χ3n) is 5.25. The van der Waals surface area contributed by atoms with E-state index in [4.69, 9.17) is 9.47 Å². The number of thioether (sulfide) groups is 1. The molecule has 188 valence electrons. The molecule has 1 atom stereocenters. The summed E-state index contributed by atoms with van der Waals surface area (Å²) in [5, 5.41) is 0.776. The molecule has 0 saturated carbocycles. The smallest absolute Gasteiger partial charge is 0.416 e. The van der Waals surface area contributed by atoms with Gasteiger partial charge in [0, 0.05) is 20.6 Å². The highest BCUT2D eigenvalue weighted by atomic mass is 32.2. The van der Waals surface area contributed by atoms with Crippen LogP contribution in [-0.4, -0.2) is 23.2 Å². The van der Waals surface area contributed by atoms with E-state index in [1.165, 1.54) is 23.5 Å². The number of thiazole rings is 1. The van der Waals surface area contributed by atoms with Gasteiger partial charge >= 0.3 is 12.1 Å². The zero-order chi connectivity index (χ0) is 26.0. The minimum atomic E-state index is -4.36. The van der Waals surface area contributed by atoms with Crippen molar-refractivity contribution in [3.05, 3.63) is 64.2 Å². The van der Waals surface area contributed by atoms with Gasteiger partial charge in [-0.2, -0.15) is 13.2 Å². The second kappa shape index (κ2) is 10.6. The summed E-state index contributed by atoms with van der Waals surface area (Å²) in [6.45, 7) is 11.3. The number of aryl methyl sites for hydroxylation is 2. The largest absolute Gasteiger partial charge is 0.476 e. The minimum Gasteiger partial charge on any atom is -0.476 e. The molecule has 9 heteroatoms. The van der Waals surface area contributed by atoms with Crippen LogP contribution in [0.15, 0.2) is 47.4 Å². The minimum absolute atomic E-state index is 0.0813. The van der Waals surface area contributed by atoms with Gasteiger partial charge in [0.1, 0.15) is 10.8 Å². The Hall–Kier alpha value is -2.52. The van der Waals surface area contributed by atoms with Crippen molar-refractivity contribution in [2.24, 2.45) is 0 Å². The van der Waals surface area contributed by atoms with Crippen LogP contribution in [-0.2, 0) is 15.7 Å². The van der Waals surface area contributed by atoms with Gasteiger partial charge < -0.3 is 9.47 Å². The lowest BCUT2D eigenvalue weighted by Crippen LogP contribution is -2.39. The van der Waals surface area contributed by atoms with E-state index in [0.717, 1.165) is 33.2 Å². The highest BCUT2D eigenvalue weighted by Gasteiger charge is 2.32. The fourth-order valence-corrected chi connectivity index (χ4v) is 5.77. The van der Waals surface area contributed by atoms with Crippen LogP contribution >= 0.6 is 23.1 Å². The maximum absolute atomic E-state index is 12.9. The molecule has 0 amide bonds. The second-order valence-electron chi connectivity index (χ2n) is 8.56. The number of hydrogen-bond donors (Lipinski definition) is 0. The molecule has 4 nitrogen and oxygen atoms in total. The number of benzene rings is 2. The molecule has 0 saturated heterocycles. The molecule has 0 fully saturated rings. The molecule has 0 aliphatic rings. The van der Waals surface area contributed by atoms with Crippen molar-refractivity contribution < 1.29 is 27.4 Å². The Balaban J connectivity index is 1.73. The molecular weight excluding hydrogens is 495 g/mol. The van der Waals surface area contributed by atoms with Crippen molar-refractivity contribution in [3.63, 3.8) is 0 Å². The molecule has 1 aromatic heterocycles. The molecule has 0 spiro atoms. The predicted molar refractivity (Wildman–Crippen MR) is 134 cm³/mol. The molecule has 0 aliphatic carbocycles. The Morgan fingerprint density at radius 1 is 1.11 bits per heavy atom. The van der Waals surface area contributed by atoms with Crippen LogP contribution in [0.2, 0.25) is 0 Å². The van der Waals surface area contributed by atoms with Gasteiger partial charge in [-0.3, -0.25) is 0 Å². The summed E-state index contributed by atoms with van der Waals surface area (Å²) in [5.74, 6) is 0.189. The molecule has 3 aromatic rings. The van der Waals surface area contributed by atoms with Gasteiger partial charge in [0.25, 0.3) is 0 Å². The second-order valence-corrected chi connectivity index (χ2v) is 11.0. The first-order chi connectivity index (χ1) is 16.3. The molecule has 3 rings (SSSR count). The van der Waals surface area contributed by atoms with Crippen LogP contribution in [0.1, 0.15) is 54.6 Å². The monoisotopic (exact) mass is 523 g/mol. The van der Waals surface area contributed by atoms with Crippen LogP contribution in [0.25, 0.3) is 10.6 Å². The van der Waals surface area contributed by atoms with Gasteiger partial charge in [0.05, 0.1) is 17.9 Å². The Labute approximate surface area is 211 Å². The van der Waals surface area contributed by atoms with E-state index in [1.54, 1.807) is 32.5 Å². The van der Waals surface area contributed by atoms with Crippen LogP contribution < -0.4 is 4.74 Å². The normalized spacial score (nSPS) is 12.9. The van der Waals surface area contributed by atoms with Crippen LogP contribution in [0.5, 0.6) is 5.75 Å². The molecule has 0 bridgehead atoms. The number of hydrogen-bond acceptors (Lipinski definition) is 6. The predicted octanol–water partition coefficient (Wildman–Crippen LogP) is 8.02. The zero-order valence-corrected chi connectivity index (χ0v) is 22.1. The number of carbonyl (C=O) groups is 1. The Kier molecular flexibility index (Phi) is 8.21. The fourth-order valence-electron chi connectivity index (χ4n) is 3.40. The summed E-state index contributed by atoms with van der Waals surface area (Å²) in [7, 11) is 0. The van der Waals surface area contributed by atoms with Crippen molar-refractivity contribution in [2.45, 2.75) is 63.5 Å². The summed E-state index contributed by atoms with van der Waals surface area (Å²) in [6.07, 6.45) is -4.36. The van der Waals surface area contributed by atoms with E-state index < -0.39 is 23.3 Å². The molecule has 1 unspecified atom stereocenters. The number of rotatable bonds is 8. The number of nitrogens with zero attached hydrogens (tertiary/aromatic N) is 1. The highest BCUT2D eigenvalue weighted by Crippen LogP contribution is 2.42. The summed E-state index contributed by atoms with van der Waals surface area (Å²) >= 11 is 3.14. The molecule has 1 heterocycles. The average molecular weight is 524 g/mol. The Bertz CT molecular complexity index is 1190. The van der Waals surface area contributed by atoms with Crippen molar-refractivity contribution in [2.75, 3.05) is 6.61 Å². The van der Waals surface area contributed by atoms with Gasteiger partial charge in [-0.1, -0.05) is 12.1 Å². The average Bonchev–Trinajstić information content (AvgIpc) is 3.17. The van der Waals surface area contributed by atoms with Crippen molar-refractivity contribution >= 4 is 29.1 Å². The Morgan fingerprint density at radius 3 is 2.34 bits per heavy atom. The molecule has 35 heavy (non-hydrogen) atoms. The maximum atomic E-state index is 12.9. The summed E-state index contributed by atoms with van der Waals surface area (Å²) in [5.41, 5.74) is 0.643. The molecule has 2 aromatic carbocycles. The quantitative estimate of drug-likeness (QED) is 0.221. The van der Waals surface area contributed by atoms with Crippen molar-refractivity contribution in [3.8, 4) is 16.3 Å². The topological polar surface area (TPSA) is 48.4 Å². The van der Waals surface area contributed by atoms with Crippen molar-refractivity contribution in [1.29, 1.82) is 0 Å². The van der Waals surface area contributed by atoms with Crippen molar-refractivity contribution in [1.82, 2.24) is 4.98 Å². The first-order valence-corrected chi connectivity index (χ1v) is 12.8. The lowest BCUT2D eigenvalue weighted by atomic mass is 10.1. The lowest BCUT2D eigenvalue weighted by molar-refractivity contribution is -0.158. The Morgan fingerprint density at radius 2 is 1.77 bits per heavy atom. The molecule has 0 radical (unpaired) electrons. The van der Waals surface area contributed by atoms with Gasteiger partial charge in [-0.25, -0.2) is 9.78 Å². The van der Waals surface area contributed by atoms with Crippen LogP contribution in [0, 0.1) is 13.8 Å².